The third-order valence-corrected chi connectivity index (χ3v) is 2.34. The molecule has 0 amide bonds. The predicted octanol–water partition coefficient (Wildman–Crippen LogP) is 1.98. The fraction of sp³-hybridized carbons (Fsp3) is 0.583. The molecule has 1 N–H and O–H groups in total. The summed E-state index contributed by atoms with van der Waals surface area (Å²) in [7, 11) is 0. The van der Waals surface area contributed by atoms with Crippen LogP contribution in [0, 0.1) is 10.1 Å². The van der Waals surface area contributed by atoms with E-state index >= 15 is 0 Å². The highest BCUT2D eigenvalue weighted by atomic mass is 16.6. The van der Waals surface area contributed by atoms with Crippen molar-refractivity contribution in [3.05, 3.63) is 28.4 Å². The second-order valence-electron chi connectivity index (χ2n) is 4.87. The fourth-order valence-electron chi connectivity index (χ4n) is 1.68. The Morgan fingerprint density at radius 2 is 2.17 bits per heavy atom. The maximum atomic E-state index is 10.5. The van der Waals surface area contributed by atoms with Crippen LogP contribution in [0.15, 0.2) is 18.3 Å². The highest BCUT2D eigenvalue weighted by molar-refractivity contribution is 5.43. The van der Waals surface area contributed by atoms with E-state index in [9.17, 15) is 15.2 Å². The van der Waals surface area contributed by atoms with Gasteiger partial charge in [-0.1, -0.05) is 6.92 Å². The molecule has 1 aromatic heterocycles. The second kappa shape index (κ2) is 5.77. The van der Waals surface area contributed by atoms with Gasteiger partial charge >= 0.3 is 0 Å². The van der Waals surface area contributed by atoms with Gasteiger partial charge in [-0.05, 0) is 26.3 Å². The average molecular weight is 253 g/mol. The van der Waals surface area contributed by atoms with Gasteiger partial charge in [0, 0.05) is 19.2 Å². The number of nitro groups is 1. The minimum absolute atomic E-state index is 0.0292. The van der Waals surface area contributed by atoms with E-state index in [1.165, 1.54) is 12.3 Å². The number of nitrogens with zero attached hydrogens (tertiary/aromatic N) is 3. The maximum absolute atomic E-state index is 10.5. The Morgan fingerprint density at radius 3 is 2.56 bits per heavy atom. The average Bonchev–Trinajstić information content (AvgIpc) is 2.27. The number of anilines is 1. The van der Waals surface area contributed by atoms with Crippen LogP contribution in [0.25, 0.3) is 0 Å². The molecule has 1 aromatic rings. The van der Waals surface area contributed by atoms with E-state index in [2.05, 4.69) is 4.98 Å². The number of rotatable bonds is 6. The van der Waals surface area contributed by atoms with Gasteiger partial charge in [-0.2, -0.15) is 0 Å². The summed E-state index contributed by atoms with van der Waals surface area (Å²) < 4.78 is 0. The van der Waals surface area contributed by atoms with Crippen LogP contribution in [0.1, 0.15) is 27.2 Å². The minimum atomic E-state index is -0.835. The van der Waals surface area contributed by atoms with Crippen molar-refractivity contribution >= 4 is 11.5 Å². The number of hydrogen-bond donors (Lipinski definition) is 1. The molecule has 0 bridgehead atoms. The van der Waals surface area contributed by atoms with Gasteiger partial charge in [-0.25, -0.2) is 4.98 Å². The summed E-state index contributed by atoms with van der Waals surface area (Å²) in [5, 5.41) is 20.4. The van der Waals surface area contributed by atoms with Crippen LogP contribution >= 0.6 is 0 Å². The van der Waals surface area contributed by atoms with E-state index in [1.54, 1.807) is 19.9 Å². The lowest BCUT2D eigenvalue weighted by atomic mass is 10.1. The van der Waals surface area contributed by atoms with Gasteiger partial charge in [0.2, 0.25) is 0 Å². The van der Waals surface area contributed by atoms with Crippen molar-refractivity contribution in [3.8, 4) is 0 Å². The Bertz CT molecular complexity index is 398. The molecule has 6 nitrogen and oxygen atoms in total. The molecule has 1 heterocycles. The molecular weight excluding hydrogens is 234 g/mol. The van der Waals surface area contributed by atoms with Crippen molar-refractivity contribution in [1.29, 1.82) is 0 Å². The van der Waals surface area contributed by atoms with Gasteiger partial charge < -0.3 is 10.0 Å². The Labute approximate surface area is 106 Å². The van der Waals surface area contributed by atoms with Crippen LogP contribution in [0.4, 0.5) is 11.5 Å². The number of aromatic nitrogens is 1. The second-order valence-corrected chi connectivity index (χ2v) is 4.87. The molecule has 1 rings (SSSR count). The first-order valence-corrected chi connectivity index (χ1v) is 5.91. The molecule has 0 spiro atoms. The molecule has 0 aliphatic heterocycles. The predicted molar refractivity (Wildman–Crippen MR) is 69.7 cm³/mol. The summed E-state index contributed by atoms with van der Waals surface area (Å²) in [5.74, 6) is 0.643. The topological polar surface area (TPSA) is 79.5 Å². The van der Waals surface area contributed by atoms with E-state index in [0.29, 0.717) is 12.4 Å². The summed E-state index contributed by atoms with van der Waals surface area (Å²) in [6.45, 7) is 6.66. The fourth-order valence-corrected chi connectivity index (χ4v) is 1.68. The van der Waals surface area contributed by atoms with Crippen molar-refractivity contribution in [3.63, 3.8) is 0 Å². The first kappa shape index (κ1) is 14.4. The van der Waals surface area contributed by atoms with Crippen molar-refractivity contribution in [2.24, 2.45) is 0 Å². The first-order chi connectivity index (χ1) is 8.33. The molecule has 6 heteroatoms. The molecule has 0 fully saturated rings. The van der Waals surface area contributed by atoms with Crippen LogP contribution in [0.3, 0.4) is 0 Å². The van der Waals surface area contributed by atoms with Crippen LogP contribution in [-0.4, -0.2) is 33.7 Å². The Morgan fingerprint density at radius 1 is 1.50 bits per heavy atom. The van der Waals surface area contributed by atoms with Crippen molar-refractivity contribution in [2.75, 3.05) is 18.0 Å². The van der Waals surface area contributed by atoms with Gasteiger partial charge in [0.25, 0.3) is 5.69 Å². The smallest absolute Gasteiger partial charge is 0.287 e. The van der Waals surface area contributed by atoms with Crippen molar-refractivity contribution in [2.45, 2.75) is 32.8 Å². The van der Waals surface area contributed by atoms with Crippen LogP contribution in [0.2, 0.25) is 0 Å². The molecule has 0 radical (unpaired) electrons. The summed E-state index contributed by atoms with van der Waals surface area (Å²) in [6.07, 6.45) is 2.15. The van der Waals surface area contributed by atoms with Crippen molar-refractivity contribution < 1.29 is 10.0 Å². The van der Waals surface area contributed by atoms with Gasteiger partial charge in [-0.15, -0.1) is 0 Å². The third kappa shape index (κ3) is 4.29. The zero-order valence-corrected chi connectivity index (χ0v) is 11.0. The Kier molecular flexibility index (Phi) is 4.61. The molecule has 18 heavy (non-hydrogen) atoms. The number of pyridine rings is 1. The minimum Gasteiger partial charge on any atom is -0.389 e. The molecule has 0 unspecified atom stereocenters. The zero-order chi connectivity index (χ0) is 13.8. The van der Waals surface area contributed by atoms with Gasteiger partial charge in [-0.3, -0.25) is 10.1 Å². The highest BCUT2D eigenvalue weighted by Crippen LogP contribution is 2.18. The summed E-state index contributed by atoms with van der Waals surface area (Å²) in [6, 6.07) is 3.04. The van der Waals surface area contributed by atoms with Crippen LogP contribution in [0.5, 0.6) is 0 Å². The molecule has 0 aliphatic carbocycles. The van der Waals surface area contributed by atoms with Crippen molar-refractivity contribution in [1.82, 2.24) is 4.98 Å². The SMILES string of the molecule is CCCN(CC(C)(C)O)c1ccc([N+](=O)[O-])cn1. The lowest BCUT2D eigenvalue weighted by Gasteiger charge is -2.29. The molecule has 0 saturated carbocycles. The summed E-state index contributed by atoms with van der Waals surface area (Å²) in [5.41, 5.74) is -0.864. The molecule has 100 valence electrons. The Balaban J connectivity index is 2.88. The molecule has 0 aliphatic rings. The third-order valence-electron chi connectivity index (χ3n) is 2.34. The molecule has 0 aromatic carbocycles. The van der Waals surface area contributed by atoms with Gasteiger partial charge in [0.15, 0.2) is 0 Å². The lowest BCUT2D eigenvalue weighted by molar-refractivity contribution is -0.385. The van der Waals surface area contributed by atoms with Gasteiger partial charge in [0.1, 0.15) is 12.0 Å². The number of aliphatic hydroxyl groups is 1. The largest absolute Gasteiger partial charge is 0.389 e. The Hall–Kier alpha value is -1.69. The van der Waals surface area contributed by atoms with E-state index in [4.69, 9.17) is 0 Å². The standard InChI is InChI=1S/C12H19N3O3/c1-4-7-14(9-12(2,3)16)11-6-5-10(8-13-11)15(17)18/h5-6,8,16H,4,7,9H2,1-3H3. The van der Waals surface area contributed by atoms with Gasteiger partial charge in [0.05, 0.1) is 10.5 Å². The van der Waals surface area contributed by atoms with E-state index in [-0.39, 0.29) is 5.69 Å². The highest BCUT2D eigenvalue weighted by Gasteiger charge is 2.19. The zero-order valence-electron chi connectivity index (χ0n) is 11.0. The normalized spacial score (nSPS) is 11.3. The van der Waals surface area contributed by atoms with E-state index in [1.807, 2.05) is 11.8 Å². The molecule has 0 saturated heterocycles. The van der Waals surface area contributed by atoms with E-state index in [0.717, 1.165) is 13.0 Å². The van der Waals surface area contributed by atoms with Crippen LogP contribution in [-0.2, 0) is 0 Å². The monoisotopic (exact) mass is 253 g/mol. The number of hydrogen-bond acceptors (Lipinski definition) is 5. The van der Waals surface area contributed by atoms with E-state index < -0.39 is 10.5 Å². The molecular formula is C12H19N3O3. The molecule has 0 atom stereocenters. The maximum Gasteiger partial charge on any atom is 0.287 e. The van der Waals surface area contributed by atoms with Crippen LogP contribution < -0.4 is 4.90 Å². The summed E-state index contributed by atoms with van der Waals surface area (Å²) in [4.78, 5) is 16.1. The summed E-state index contributed by atoms with van der Waals surface area (Å²) >= 11 is 0. The first-order valence-electron chi connectivity index (χ1n) is 5.91. The quantitative estimate of drug-likeness (QED) is 0.619. The lowest BCUT2D eigenvalue weighted by Crippen LogP contribution is -2.39.